The summed E-state index contributed by atoms with van der Waals surface area (Å²) < 4.78 is 0. The summed E-state index contributed by atoms with van der Waals surface area (Å²) in [5.74, 6) is 3.73. The highest BCUT2D eigenvalue weighted by Gasteiger charge is 2.34. The van der Waals surface area contributed by atoms with Gasteiger partial charge in [-0.2, -0.15) is 0 Å². The number of carbonyl (C=O) groups is 3. The summed E-state index contributed by atoms with van der Waals surface area (Å²) in [6, 6.07) is 1.77. The lowest BCUT2D eigenvalue weighted by atomic mass is 10.2. The zero-order valence-corrected chi connectivity index (χ0v) is 12.8. The minimum Gasteiger partial charge on any atom is -0.330 e. The van der Waals surface area contributed by atoms with Crippen LogP contribution in [0.15, 0.2) is 11.4 Å². The van der Waals surface area contributed by atoms with Crippen molar-refractivity contribution < 1.29 is 14.4 Å². The zero-order chi connectivity index (χ0) is 15.6. The van der Waals surface area contributed by atoms with Crippen molar-refractivity contribution in [2.24, 2.45) is 5.84 Å². The molecule has 0 aromatic carbocycles. The second kappa shape index (κ2) is 6.23. The van der Waals surface area contributed by atoms with Gasteiger partial charge >= 0.3 is 11.8 Å². The molecule has 0 radical (unpaired) electrons. The molecule has 21 heavy (non-hydrogen) atoms. The van der Waals surface area contributed by atoms with Crippen molar-refractivity contribution in [1.82, 2.24) is 15.2 Å². The van der Waals surface area contributed by atoms with Gasteiger partial charge in [-0.05, 0) is 30.9 Å². The SMILES string of the molecule is CC(C)N1CCN(Cc2ccsc2C(=O)NN)C(=O)C1=O. The number of amides is 3. The first-order chi connectivity index (χ1) is 9.95. The summed E-state index contributed by atoms with van der Waals surface area (Å²) in [6.07, 6.45) is 0. The van der Waals surface area contributed by atoms with Crippen molar-refractivity contribution in [3.63, 3.8) is 0 Å². The van der Waals surface area contributed by atoms with Gasteiger partial charge in [0.25, 0.3) is 5.91 Å². The van der Waals surface area contributed by atoms with Crippen LogP contribution >= 0.6 is 11.3 Å². The highest BCUT2D eigenvalue weighted by Crippen LogP contribution is 2.20. The minimum absolute atomic E-state index is 0.00308. The van der Waals surface area contributed by atoms with Crippen LogP contribution < -0.4 is 11.3 Å². The van der Waals surface area contributed by atoms with Gasteiger partial charge in [-0.25, -0.2) is 5.84 Å². The van der Waals surface area contributed by atoms with Crippen LogP contribution in [0.5, 0.6) is 0 Å². The van der Waals surface area contributed by atoms with Crippen LogP contribution in [0.3, 0.4) is 0 Å². The summed E-state index contributed by atoms with van der Waals surface area (Å²) in [5, 5.41) is 1.76. The number of rotatable bonds is 4. The molecule has 1 aliphatic rings. The fraction of sp³-hybridized carbons (Fsp3) is 0.462. The van der Waals surface area contributed by atoms with E-state index in [1.807, 2.05) is 13.8 Å². The monoisotopic (exact) mass is 310 g/mol. The van der Waals surface area contributed by atoms with E-state index >= 15 is 0 Å². The Balaban J connectivity index is 2.12. The first kappa shape index (κ1) is 15.5. The minimum atomic E-state index is -0.528. The number of carbonyl (C=O) groups excluding carboxylic acids is 3. The third-order valence-electron chi connectivity index (χ3n) is 3.41. The number of nitrogens with two attached hydrogens (primary N) is 1. The number of piperazine rings is 1. The van der Waals surface area contributed by atoms with Crippen molar-refractivity contribution in [2.45, 2.75) is 26.4 Å². The molecule has 0 unspecified atom stereocenters. The lowest BCUT2D eigenvalue weighted by Gasteiger charge is -2.36. The number of thiophene rings is 1. The molecule has 7 nitrogen and oxygen atoms in total. The Labute approximate surface area is 126 Å². The third kappa shape index (κ3) is 3.06. The van der Waals surface area contributed by atoms with Gasteiger partial charge in [-0.1, -0.05) is 0 Å². The quantitative estimate of drug-likeness (QED) is 0.352. The van der Waals surface area contributed by atoms with Gasteiger partial charge in [-0.15, -0.1) is 11.3 Å². The molecule has 2 heterocycles. The molecule has 0 saturated carbocycles. The van der Waals surface area contributed by atoms with Crippen LogP contribution in [0, 0.1) is 0 Å². The lowest BCUT2D eigenvalue weighted by Crippen LogP contribution is -2.55. The Morgan fingerprint density at radius 3 is 2.71 bits per heavy atom. The van der Waals surface area contributed by atoms with E-state index < -0.39 is 11.8 Å². The van der Waals surface area contributed by atoms with Crippen molar-refractivity contribution in [2.75, 3.05) is 13.1 Å². The van der Waals surface area contributed by atoms with E-state index in [1.54, 1.807) is 16.3 Å². The van der Waals surface area contributed by atoms with Gasteiger partial charge in [0.1, 0.15) is 0 Å². The van der Waals surface area contributed by atoms with Crippen LogP contribution in [0.2, 0.25) is 0 Å². The molecule has 2 rings (SSSR count). The Morgan fingerprint density at radius 1 is 1.38 bits per heavy atom. The topological polar surface area (TPSA) is 95.7 Å². The molecular weight excluding hydrogens is 292 g/mol. The molecular formula is C13H18N4O3S. The molecule has 3 N–H and O–H groups in total. The van der Waals surface area contributed by atoms with E-state index in [4.69, 9.17) is 5.84 Å². The zero-order valence-electron chi connectivity index (χ0n) is 12.0. The molecule has 1 fully saturated rings. The number of nitrogens with zero attached hydrogens (tertiary/aromatic N) is 2. The maximum Gasteiger partial charge on any atom is 0.312 e. The first-order valence-corrected chi connectivity index (χ1v) is 7.50. The molecule has 1 aromatic rings. The van der Waals surface area contributed by atoms with Gasteiger partial charge in [-0.3, -0.25) is 19.8 Å². The Morgan fingerprint density at radius 2 is 2.10 bits per heavy atom. The van der Waals surface area contributed by atoms with Crippen LogP contribution in [0.25, 0.3) is 0 Å². The Hall–Kier alpha value is -1.93. The van der Waals surface area contributed by atoms with E-state index in [0.717, 1.165) is 0 Å². The van der Waals surface area contributed by atoms with E-state index in [0.29, 0.717) is 23.5 Å². The van der Waals surface area contributed by atoms with Crippen molar-refractivity contribution in [3.05, 3.63) is 21.9 Å². The van der Waals surface area contributed by atoms with Crippen molar-refractivity contribution in [1.29, 1.82) is 0 Å². The molecule has 0 aliphatic carbocycles. The normalized spacial score (nSPS) is 15.8. The molecule has 8 heteroatoms. The van der Waals surface area contributed by atoms with E-state index in [-0.39, 0.29) is 18.5 Å². The second-order valence-electron chi connectivity index (χ2n) is 5.07. The lowest BCUT2D eigenvalue weighted by molar-refractivity contribution is -0.157. The molecule has 1 saturated heterocycles. The van der Waals surface area contributed by atoms with Crippen LogP contribution in [0.4, 0.5) is 0 Å². The number of nitrogen functional groups attached to an aromatic ring is 1. The smallest absolute Gasteiger partial charge is 0.312 e. The number of hydrazine groups is 1. The summed E-state index contributed by atoms with van der Waals surface area (Å²) in [5.41, 5.74) is 2.78. The fourth-order valence-corrected chi connectivity index (χ4v) is 3.08. The highest BCUT2D eigenvalue weighted by atomic mass is 32.1. The largest absolute Gasteiger partial charge is 0.330 e. The standard InChI is InChI=1S/C13H18N4O3S/c1-8(2)17-5-4-16(12(19)13(17)20)7-9-3-6-21-10(9)11(18)15-14/h3,6,8H,4-5,7,14H2,1-2H3,(H,15,18). The van der Waals surface area contributed by atoms with E-state index in [1.165, 1.54) is 16.2 Å². The molecule has 0 spiro atoms. The van der Waals surface area contributed by atoms with Crippen molar-refractivity contribution in [3.8, 4) is 0 Å². The second-order valence-corrected chi connectivity index (χ2v) is 5.98. The van der Waals surface area contributed by atoms with Gasteiger partial charge < -0.3 is 9.80 Å². The van der Waals surface area contributed by atoms with E-state index in [9.17, 15) is 14.4 Å². The average Bonchev–Trinajstić information content (AvgIpc) is 2.91. The fourth-order valence-electron chi connectivity index (χ4n) is 2.26. The number of hydrogen-bond donors (Lipinski definition) is 2. The Kier molecular flexibility index (Phi) is 4.59. The van der Waals surface area contributed by atoms with E-state index in [2.05, 4.69) is 5.43 Å². The third-order valence-corrected chi connectivity index (χ3v) is 4.37. The molecule has 114 valence electrons. The molecule has 0 bridgehead atoms. The summed E-state index contributed by atoms with van der Waals surface area (Å²) in [7, 11) is 0. The predicted molar refractivity (Wildman–Crippen MR) is 78.2 cm³/mol. The maximum atomic E-state index is 12.1. The van der Waals surface area contributed by atoms with Gasteiger partial charge in [0.2, 0.25) is 0 Å². The molecule has 1 aromatic heterocycles. The average molecular weight is 310 g/mol. The number of nitrogens with one attached hydrogen (secondary N) is 1. The maximum absolute atomic E-state index is 12.1. The highest BCUT2D eigenvalue weighted by molar-refractivity contribution is 7.12. The van der Waals surface area contributed by atoms with Gasteiger partial charge in [0.05, 0.1) is 4.88 Å². The molecule has 0 atom stereocenters. The van der Waals surface area contributed by atoms with Gasteiger partial charge in [0.15, 0.2) is 0 Å². The first-order valence-electron chi connectivity index (χ1n) is 6.63. The van der Waals surface area contributed by atoms with Gasteiger partial charge in [0, 0.05) is 25.7 Å². The van der Waals surface area contributed by atoms with Crippen LogP contribution in [-0.4, -0.2) is 46.7 Å². The summed E-state index contributed by atoms with van der Waals surface area (Å²) >= 11 is 1.25. The summed E-state index contributed by atoms with van der Waals surface area (Å²) in [6.45, 7) is 4.96. The molecule has 3 amide bonds. The van der Waals surface area contributed by atoms with Crippen molar-refractivity contribution >= 4 is 29.1 Å². The van der Waals surface area contributed by atoms with Crippen LogP contribution in [-0.2, 0) is 16.1 Å². The molecule has 1 aliphatic heterocycles. The van der Waals surface area contributed by atoms with Crippen LogP contribution in [0.1, 0.15) is 29.1 Å². The number of hydrogen-bond acceptors (Lipinski definition) is 5. The summed E-state index contributed by atoms with van der Waals surface area (Å²) in [4.78, 5) is 39.3. The Bertz CT molecular complexity index is 570. The predicted octanol–water partition coefficient (Wildman–Crippen LogP) is -0.0692.